The molecule has 6 nitrogen and oxygen atoms in total. The minimum absolute atomic E-state index is 0.0738. The van der Waals surface area contributed by atoms with Crippen LogP contribution < -0.4 is 9.47 Å². The van der Waals surface area contributed by atoms with Crippen LogP contribution in [0.5, 0.6) is 11.5 Å². The van der Waals surface area contributed by atoms with E-state index in [4.69, 9.17) is 14.2 Å². The summed E-state index contributed by atoms with van der Waals surface area (Å²) in [5, 5.41) is 0. The van der Waals surface area contributed by atoms with Gasteiger partial charge in [-0.05, 0) is 50.0 Å². The molecule has 174 valence electrons. The smallest absolute Gasteiger partial charge is 0.257 e. The minimum atomic E-state index is -0.153. The average molecular weight is 445 g/mol. The molecule has 1 amide bonds. The lowest BCUT2D eigenvalue weighted by Gasteiger charge is -2.35. The molecule has 1 aliphatic rings. The molecule has 1 saturated heterocycles. The van der Waals surface area contributed by atoms with Gasteiger partial charge in [0, 0.05) is 38.4 Å². The van der Waals surface area contributed by atoms with Gasteiger partial charge in [-0.3, -0.25) is 9.69 Å². The van der Waals surface area contributed by atoms with Crippen LogP contribution in [0.4, 0.5) is 4.39 Å². The molecule has 0 aromatic heterocycles. The molecular weight excluding hydrogens is 411 g/mol. The van der Waals surface area contributed by atoms with Crippen LogP contribution in [0.1, 0.15) is 28.8 Å². The Morgan fingerprint density at radius 1 is 1.09 bits per heavy atom. The van der Waals surface area contributed by atoms with Crippen LogP contribution >= 0.6 is 0 Å². The molecule has 1 heterocycles. The molecule has 0 atom stereocenters. The lowest BCUT2D eigenvalue weighted by molar-refractivity contribution is 0.0614. The highest BCUT2D eigenvalue weighted by Gasteiger charge is 2.26. The molecule has 0 aliphatic carbocycles. The van der Waals surface area contributed by atoms with Crippen molar-refractivity contribution in [3.05, 3.63) is 59.4 Å². The Kier molecular flexibility index (Phi) is 8.88. The van der Waals surface area contributed by atoms with E-state index in [2.05, 4.69) is 4.90 Å². The first kappa shape index (κ1) is 24.0. The van der Waals surface area contributed by atoms with Gasteiger partial charge in [0.15, 0.2) is 0 Å². The summed E-state index contributed by atoms with van der Waals surface area (Å²) in [5.74, 6) is 1.30. The summed E-state index contributed by atoms with van der Waals surface area (Å²) in [7, 11) is 4.77. The Bertz CT molecular complexity index is 884. The van der Waals surface area contributed by atoms with E-state index in [0.717, 1.165) is 31.5 Å². The van der Waals surface area contributed by atoms with Crippen molar-refractivity contribution in [1.82, 2.24) is 9.80 Å². The van der Waals surface area contributed by atoms with E-state index >= 15 is 0 Å². The zero-order valence-electron chi connectivity index (χ0n) is 19.2. The normalized spacial score (nSPS) is 14.9. The monoisotopic (exact) mass is 444 g/mol. The summed E-state index contributed by atoms with van der Waals surface area (Å²) in [4.78, 5) is 17.5. The van der Waals surface area contributed by atoms with E-state index in [0.29, 0.717) is 49.2 Å². The first-order chi connectivity index (χ1) is 15.5. The Labute approximate surface area is 189 Å². The predicted octanol–water partition coefficient (Wildman–Crippen LogP) is 3.84. The molecule has 1 fully saturated rings. The number of rotatable bonds is 10. The van der Waals surface area contributed by atoms with Gasteiger partial charge >= 0.3 is 0 Å². The lowest BCUT2D eigenvalue weighted by atomic mass is 9.95. The molecule has 0 unspecified atom stereocenters. The highest BCUT2D eigenvalue weighted by Crippen LogP contribution is 2.27. The molecule has 0 saturated carbocycles. The van der Waals surface area contributed by atoms with Gasteiger partial charge in [0.1, 0.15) is 17.3 Å². The maximum Gasteiger partial charge on any atom is 0.257 e. The number of carbonyl (C=O) groups excluding carboxylic acids is 1. The molecule has 2 aromatic carbocycles. The Morgan fingerprint density at radius 2 is 1.84 bits per heavy atom. The number of ether oxygens (including phenoxy) is 3. The van der Waals surface area contributed by atoms with Gasteiger partial charge in [-0.25, -0.2) is 4.39 Å². The van der Waals surface area contributed by atoms with Crippen LogP contribution in [0.2, 0.25) is 0 Å². The van der Waals surface area contributed by atoms with Crippen molar-refractivity contribution in [3.8, 4) is 11.5 Å². The topological polar surface area (TPSA) is 51.2 Å². The van der Waals surface area contributed by atoms with Crippen LogP contribution in [0, 0.1) is 11.7 Å². The van der Waals surface area contributed by atoms with E-state index in [1.165, 1.54) is 6.07 Å². The molecule has 1 aliphatic heterocycles. The summed E-state index contributed by atoms with van der Waals surface area (Å²) >= 11 is 0. The number of likely N-dealkylation sites (tertiary alicyclic amines) is 1. The lowest BCUT2D eigenvalue weighted by Crippen LogP contribution is -2.42. The van der Waals surface area contributed by atoms with Crippen molar-refractivity contribution < 1.29 is 23.4 Å². The molecule has 32 heavy (non-hydrogen) atoms. The quantitative estimate of drug-likeness (QED) is 0.557. The molecule has 0 spiro atoms. The molecule has 3 rings (SSSR count). The Morgan fingerprint density at radius 3 is 2.50 bits per heavy atom. The van der Waals surface area contributed by atoms with Crippen LogP contribution in [-0.4, -0.2) is 69.8 Å². The SMILES string of the molecule is COCCN(CC1CCN(Cc2ccccc2F)CC1)C(=O)c1ccc(OC)cc1OC. The molecule has 0 bridgehead atoms. The number of nitrogens with zero attached hydrogens (tertiary/aromatic N) is 2. The second-order valence-electron chi connectivity index (χ2n) is 8.12. The maximum atomic E-state index is 14.0. The zero-order chi connectivity index (χ0) is 22.9. The van der Waals surface area contributed by atoms with Crippen molar-refractivity contribution in [3.63, 3.8) is 0 Å². The molecule has 0 radical (unpaired) electrons. The summed E-state index contributed by atoms with van der Waals surface area (Å²) in [6.07, 6.45) is 1.93. The fraction of sp³-hybridized carbons (Fsp3) is 0.480. The van der Waals surface area contributed by atoms with E-state index in [9.17, 15) is 9.18 Å². The number of hydrogen-bond acceptors (Lipinski definition) is 5. The number of halogens is 1. The number of amides is 1. The molecule has 7 heteroatoms. The summed E-state index contributed by atoms with van der Waals surface area (Å²) in [6, 6.07) is 12.2. The maximum absolute atomic E-state index is 14.0. The first-order valence-electron chi connectivity index (χ1n) is 11.0. The third-order valence-corrected chi connectivity index (χ3v) is 6.03. The first-order valence-corrected chi connectivity index (χ1v) is 11.0. The second kappa shape index (κ2) is 11.8. The largest absolute Gasteiger partial charge is 0.497 e. The van der Waals surface area contributed by atoms with Gasteiger partial charge in [0.25, 0.3) is 5.91 Å². The van der Waals surface area contributed by atoms with E-state index in [1.54, 1.807) is 45.6 Å². The number of piperidine rings is 1. The fourth-order valence-electron chi connectivity index (χ4n) is 4.13. The summed E-state index contributed by atoms with van der Waals surface area (Å²) < 4.78 is 29.9. The van der Waals surface area contributed by atoms with Crippen molar-refractivity contribution in [2.45, 2.75) is 19.4 Å². The highest BCUT2D eigenvalue weighted by molar-refractivity contribution is 5.97. The Balaban J connectivity index is 1.62. The van der Waals surface area contributed by atoms with Gasteiger partial charge in [0.05, 0.1) is 26.4 Å². The Hall–Kier alpha value is -2.64. The molecular formula is C25H33FN2O4. The van der Waals surface area contributed by atoms with Crippen LogP contribution in [0.3, 0.4) is 0 Å². The average Bonchev–Trinajstić information content (AvgIpc) is 2.83. The third kappa shape index (κ3) is 6.20. The van der Waals surface area contributed by atoms with Crippen molar-refractivity contribution in [1.29, 1.82) is 0 Å². The predicted molar refractivity (Wildman–Crippen MR) is 122 cm³/mol. The van der Waals surface area contributed by atoms with Crippen molar-refractivity contribution in [2.75, 3.05) is 54.1 Å². The van der Waals surface area contributed by atoms with E-state index in [1.807, 2.05) is 17.0 Å². The molecule has 0 N–H and O–H groups in total. The van der Waals surface area contributed by atoms with Crippen molar-refractivity contribution in [2.24, 2.45) is 5.92 Å². The van der Waals surface area contributed by atoms with Gasteiger partial charge in [-0.1, -0.05) is 18.2 Å². The number of hydrogen-bond donors (Lipinski definition) is 0. The summed E-state index contributed by atoms with van der Waals surface area (Å²) in [5.41, 5.74) is 1.25. The third-order valence-electron chi connectivity index (χ3n) is 6.03. The fourth-order valence-corrected chi connectivity index (χ4v) is 4.13. The van der Waals surface area contributed by atoms with E-state index < -0.39 is 0 Å². The van der Waals surface area contributed by atoms with Crippen LogP contribution in [-0.2, 0) is 11.3 Å². The van der Waals surface area contributed by atoms with Crippen LogP contribution in [0.25, 0.3) is 0 Å². The highest BCUT2D eigenvalue weighted by atomic mass is 19.1. The second-order valence-corrected chi connectivity index (χ2v) is 8.12. The summed E-state index contributed by atoms with van der Waals surface area (Å²) in [6.45, 7) is 4.03. The zero-order valence-corrected chi connectivity index (χ0v) is 19.2. The van der Waals surface area contributed by atoms with Gasteiger partial charge in [-0.15, -0.1) is 0 Å². The van der Waals surface area contributed by atoms with Crippen LogP contribution in [0.15, 0.2) is 42.5 Å². The van der Waals surface area contributed by atoms with Gasteiger partial charge < -0.3 is 19.1 Å². The van der Waals surface area contributed by atoms with Gasteiger partial charge in [0.2, 0.25) is 0 Å². The standard InChI is InChI=1S/C25H33FN2O4/c1-30-15-14-28(25(29)22-9-8-21(31-2)16-24(22)32-3)17-19-10-12-27(13-11-19)18-20-6-4-5-7-23(20)26/h4-9,16,19H,10-15,17-18H2,1-3H3. The number of methoxy groups -OCH3 is 3. The number of carbonyl (C=O) groups is 1. The van der Waals surface area contributed by atoms with Gasteiger partial charge in [-0.2, -0.15) is 0 Å². The molecule has 2 aromatic rings. The number of benzene rings is 2. The van der Waals surface area contributed by atoms with Crippen molar-refractivity contribution >= 4 is 5.91 Å². The van der Waals surface area contributed by atoms with E-state index in [-0.39, 0.29) is 11.7 Å². The minimum Gasteiger partial charge on any atom is -0.497 e.